The molecule has 0 spiro atoms. The minimum atomic E-state index is 0.00847. The van der Waals surface area contributed by atoms with Crippen LogP contribution in [0.15, 0.2) is 0 Å². The summed E-state index contributed by atoms with van der Waals surface area (Å²) in [5.41, 5.74) is 0. The van der Waals surface area contributed by atoms with Gasteiger partial charge in [-0.05, 0) is 0 Å². The van der Waals surface area contributed by atoms with Crippen molar-refractivity contribution in [2.45, 2.75) is 91.5 Å². The first-order chi connectivity index (χ1) is 7.24. The van der Waals surface area contributed by atoms with Crippen molar-refractivity contribution in [2.75, 3.05) is 0 Å². The molecule has 0 rings (SSSR count). The van der Waals surface area contributed by atoms with Crippen molar-refractivity contribution in [2.24, 2.45) is 0 Å². The Morgan fingerprint density at radius 2 is 0.933 bits per heavy atom. The lowest BCUT2D eigenvalue weighted by atomic mass is 9.17. The normalized spacial score (nSPS) is 12.0. The number of unbranched alkanes of at least 4 members (excludes halogenated alkanes) is 3. The van der Waals surface area contributed by atoms with Gasteiger partial charge in [0.05, 0.1) is 0 Å². The fourth-order valence-electron chi connectivity index (χ4n) is 2.96. The van der Waals surface area contributed by atoms with Crippen LogP contribution in [0.3, 0.4) is 0 Å². The van der Waals surface area contributed by atoms with E-state index in [4.69, 9.17) is 0 Å². The maximum Gasteiger partial charge on any atom is 0.000424 e. The fraction of sp³-hybridized carbons (Fsp3) is 1.00. The molecular formula is C14H32B-. The maximum atomic E-state index is 2.43. The lowest BCUT2D eigenvalue weighted by molar-refractivity contribution is 0.786. The zero-order chi connectivity index (χ0) is 11.6. The van der Waals surface area contributed by atoms with Crippen molar-refractivity contribution in [3.63, 3.8) is 0 Å². The van der Waals surface area contributed by atoms with Crippen LogP contribution in [0.1, 0.15) is 66.2 Å². The highest BCUT2D eigenvalue weighted by atomic mass is 14.0. The Balaban J connectivity index is 4.16. The molecule has 0 aromatic carbocycles. The molecule has 0 atom stereocenters. The minimum absolute atomic E-state index is 0.00847. The van der Waals surface area contributed by atoms with Crippen LogP contribution < -0.4 is 0 Å². The first-order valence-electron chi connectivity index (χ1n) is 7.46. The fourth-order valence-corrected chi connectivity index (χ4v) is 2.96. The smallest absolute Gasteiger partial charge is 0.000424 e. The van der Waals surface area contributed by atoms with Crippen molar-refractivity contribution >= 4 is 6.15 Å². The summed E-state index contributed by atoms with van der Waals surface area (Å²) in [7, 11) is 0. The van der Waals surface area contributed by atoms with Gasteiger partial charge >= 0.3 is 0 Å². The van der Waals surface area contributed by atoms with Crippen LogP contribution in [0.25, 0.3) is 0 Å². The van der Waals surface area contributed by atoms with Gasteiger partial charge in [0.25, 0.3) is 0 Å². The summed E-state index contributed by atoms with van der Waals surface area (Å²) in [6.07, 6.45) is 14.6. The van der Waals surface area contributed by atoms with E-state index < -0.39 is 0 Å². The van der Waals surface area contributed by atoms with Crippen LogP contribution in [-0.4, -0.2) is 6.15 Å². The molecule has 15 heavy (non-hydrogen) atoms. The largest absolute Gasteiger partial charge is 0.181 e. The summed E-state index contributed by atoms with van der Waals surface area (Å²) in [4.78, 5) is 0. The van der Waals surface area contributed by atoms with Gasteiger partial charge in [-0.3, -0.25) is 0 Å². The topological polar surface area (TPSA) is 0 Å². The van der Waals surface area contributed by atoms with E-state index in [0.717, 1.165) is 0 Å². The van der Waals surface area contributed by atoms with E-state index in [2.05, 4.69) is 27.7 Å². The Kier molecular flexibility index (Phi) is 9.34. The van der Waals surface area contributed by atoms with Crippen LogP contribution in [0.5, 0.6) is 0 Å². The zero-order valence-corrected chi connectivity index (χ0v) is 11.6. The van der Waals surface area contributed by atoms with Crippen LogP contribution in [0.4, 0.5) is 0 Å². The molecular weight excluding hydrogens is 179 g/mol. The molecule has 1 heteroatoms. The van der Waals surface area contributed by atoms with Gasteiger partial charge in [-0.1, -0.05) is 66.2 Å². The average Bonchev–Trinajstić information content (AvgIpc) is 2.29. The molecule has 0 fully saturated rings. The minimum Gasteiger partial charge on any atom is -0.181 e. The summed E-state index contributed by atoms with van der Waals surface area (Å²) in [6.45, 7) is 9.42. The quantitative estimate of drug-likeness (QED) is 0.397. The molecule has 0 N–H and O–H groups in total. The van der Waals surface area contributed by atoms with Crippen LogP contribution in [-0.2, 0) is 0 Å². The van der Waals surface area contributed by atoms with E-state index in [1.54, 1.807) is 0 Å². The molecule has 92 valence electrons. The summed E-state index contributed by atoms with van der Waals surface area (Å²) < 4.78 is 0. The molecule has 0 aromatic rings. The molecule has 0 aliphatic carbocycles. The predicted molar refractivity (Wildman–Crippen MR) is 75.4 cm³/mol. The second-order valence-electron chi connectivity index (χ2n) is 5.57. The molecule has 0 aliphatic rings. The van der Waals surface area contributed by atoms with Crippen molar-refractivity contribution in [3.8, 4) is 0 Å². The monoisotopic (exact) mass is 211 g/mol. The van der Waals surface area contributed by atoms with E-state index in [1.807, 2.05) is 0 Å². The van der Waals surface area contributed by atoms with Gasteiger partial charge in [0.1, 0.15) is 0 Å². The number of rotatable bonds is 10. The lowest BCUT2D eigenvalue weighted by Crippen LogP contribution is -2.32. The third-order valence-electron chi connectivity index (χ3n) is 4.38. The maximum absolute atomic E-state index is 2.43. The van der Waals surface area contributed by atoms with Crippen molar-refractivity contribution in [3.05, 3.63) is 0 Å². The third-order valence-corrected chi connectivity index (χ3v) is 4.38. The Labute approximate surface area is 98.1 Å². The van der Waals surface area contributed by atoms with Crippen molar-refractivity contribution in [1.82, 2.24) is 0 Å². The molecule has 0 aromatic heterocycles. The summed E-state index contributed by atoms with van der Waals surface area (Å²) in [5.74, 6) is 0. The summed E-state index contributed by atoms with van der Waals surface area (Å²) in [6, 6.07) is 0. The molecule has 0 radical (unpaired) electrons. The van der Waals surface area contributed by atoms with E-state index in [-0.39, 0.29) is 6.15 Å². The first-order valence-corrected chi connectivity index (χ1v) is 7.46. The molecule has 0 saturated carbocycles. The molecule has 0 aliphatic heterocycles. The van der Waals surface area contributed by atoms with E-state index in [1.165, 1.54) is 63.8 Å². The van der Waals surface area contributed by atoms with Gasteiger partial charge in [0.15, 0.2) is 0 Å². The van der Waals surface area contributed by atoms with Gasteiger partial charge in [-0.2, -0.15) is 25.3 Å². The van der Waals surface area contributed by atoms with Gasteiger partial charge in [0.2, 0.25) is 0 Å². The zero-order valence-electron chi connectivity index (χ0n) is 11.6. The third kappa shape index (κ3) is 6.27. The molecule has 0 amide bonds. The SMILES string of the molecule is CCCC[B-](CC)(CCCC)CCCC. The molecule has 0 nitrogen and oxygen atoms in total. The predicted octanol–water partition coefficient (Wildman–Crippen LogP) is 5.86. The van der Waals surface area contributed by atoms with Crippen LogP contribution in [0, 0.1) is 0 Å². The Morgan fingerprint density at radius 3 is 1.13 bits per heavy atom. The molecule has 0 unspecified atom stereocenters. The van der Waals surface area contributed by atoms with Crippen molar-refractivity contribution in [1.29, 1.82) is 0 Å². The van der Waals surface area contributed by atoms with E-state index in [9.17, 15) is 0 Å². The Hall–Kier alpha value is 0.0649. The first kappa shape index (κ1) is 15.1. The molecule has 0 bridgehead atoms. The number of hydrogen-bond donors (Lipinski definition) is 0. The van der Waals surface area contributed by atoms with Gasteiger partial charge in [0, 0.05) is 6.15 Å². The second-order valence-corrected chi connectivity index (χ2v) is 5.57. The highest BCUT2D eigenvalue weighted by Gasteiger charge is 2.20. The highest BCUT2D eigenvalue weighted by Crippen LogP contribution is 2.31. The average molecular weight is 211 g/mol. The summed E-state index contributed by atoms with van der Waals surface area (Å²) >= 11 is 0. The Morgan fingerprint density at radius 1 is 0.600 bits per heavy atom. The highest BCUT2D eigenvalue weighted by molar-refractivity contribution is 6.79. The second kappa shape index (κ2) is 9.30. The van der Waals surface area contributed by atoms with Crippen molar-refractivity contribution < 1.29 is 0 Å². The van der Waals surface area contributed by atoms with Gasteiger partial charge in [-0.25, -0.2) is 0 Å². The Bertz CT molecular complexity index is 110. The van der Waals surface area contributed by atoms with Crippen LogP contribution in [0.2, 0.25) is 25.3 Å². The summed E-state index contributed by atoms with van der Waals surface area (Å²) in [5, 5.41) is 0. The standard InChI is InChI=1S/C14H32B/c1-5-9-12-15(8-4,13-10-6-2)14-11-7-3/h5-14H2,1-4H3/q-1. The van der Waals surface area contributed by atoms with E-state index >= 15 is 0 Å². The van der Waals surface area contributed by atoms with Crippen LogP contribution >= 0.6 is 0 Å². The molecule has 0 heterocycles. The lowest BCUT2D eigenvalue weighted by Gasteiger charge is -2.39. The number of hydrogen-bond acceptors (Lipinski definition) is 0. The molecule has 0 saturated heterocycles. The van der Waals surface area contributed by atoms with E-state index in [0.29, 0.717) is 0 Å². The van der Waals surface area contributed by atoms with Gasteiger partial charge in [-0.15, -0.1) is 0 Å². The van der Waals surface area contributed by atoms with Gasteiger partial charge < -0.3 is 0 Å².